The predicted molar refractivity (Wildman–Crippen MR) is 152 cm³/mol. The Balaban J connectivity index is 1.74. The number of aromatic hydroxyl groups is 2. The van der Waals surface area contributed by atoms with Crippen LogP contribution in [0, 0.1) is 0 Å². The number of benzene rings is 1. The second-order valence-corrected chi connectivity index (χ2v) is 10.4. The summed E-state index contributed by atoms with van der Waals surface area (Å²) < 4.78 is 11.4. The summed E-state index contributed by atoms with van der Waals surface area (Å²) in [6, 6.07) is 3.80. The maximum absolute atomic E-state index is 13.8. The molecular weight excluding hydrogens is 496 g/mol. The van der Waals surface area contributed by atoms with E-state index in [1.807, 2.05) is 6.08 Å². The molecule has 39 heavy (non-hydrogen) atoms. The lowest BCUT2D eigenvalue weighted by Gasteiger charge is -2.32. The van der Waals surface area contributed by atoms with Gasteiger partial charge in [-0.15, -0.1) is 0 Å². The summed E-state index contributed by atoms with van der Waals surface area (Å²) in [4.78, 5) is 31.4. The van der Waals surface area contributed by atoms with Crippen LogP contribution < -0.4 is 4.90 Å². The molecule has 0 spiro atoms. The zero-order chi connectivity index (χ0) is 28.4. The van der Waals surface area contributed by atoms with Gasteiger partial charge in [-0.05, 0) is 39.5 Å². The summed E-state index contributed by atoms with van der Waals surface area (Å²) in [6.45, 7) is 14.1. The van der Waals surface area contributed by atoms with E-state index in [1.54, 1.807) is 18.2 Å². The zero-order valence-electron chi connectivity index (χ0n) is 23.8. The number of carbonyl (C=O) groups excluding carboxylic acids is 2. The summed E-state index contributed by atoms with van der Waals surface area (Å²) >= 11 is 0. The Bertz CT molecular complexity index is 1360. The van der Waals surface area contributed by atoms with Crippen molar-refractivity contribution in [1.82, 2.24) is 4.90 Å². The average Bonchev–Trinajstić information content (AvgIpc) is 3.50. The first-order valence-electron chi connectivity index (χ1n) is 14.1. The predicted octanol–water partition coefficient (Wildman–Crippen LogP) is 6.23. The third kappa shape index (κ3) is 5.16. The van der Waals surface area contributed by atoms with Crippen LogP contribution in [0.2, 0.25) is 0 Å². The molecule has 2 N–H and O–H groups in total. The molecule has 0 fully saturated rings. The highest BCUT2D eigenvalue weighted by Crippen LogP contribution is 2.43. The van der Waals surface area contributed by atoms with Crippen LogP contribution in [0.15, 0.2) is 51.3 Å². The van der Waals surface area contributed by atoms with Crippen LogP contribution in [0.1, 0.15) is 77.6 Å². The number of ketones is 2. The minimum Gasteiger partial charge on any atom is -0.507 e. The quantitative estimate of drug-likeness (QED) is 0.308. The van der Waals surface area contributed by atoms with Crippen molar-refractivity contribution in [3.05, 3.63) is 52.5 Å². The minimum atomic E-state index is -0.599. The van der Waals surface area contributed by atoms with Crippen LogP contribution in [-0.4, -0.2) is 58.5 Å². The van der Waals surface area contributed by atoms with E-state index in [0.29, 0.717) is 5.76 Å². The summed E-state index contributed by atoms with van der Waals surface area (Å²) in [5, 5.41) is 21.9. The molecule has 2 atom stereocenters. The number of ether oxygens (including phenoxy) is 1. The van der Waals surface area contributed by atoms with Gasteiger partial charge in [-0.2, -0.15) is 0 Å². The minimum absolute atomic E-state index is 0.104. The summed E-state index contributed by atoms with van der Waals surface area (Å²) in [6.07, 6.45) is 7.05. The van der Waals surface area contributed by atoms with Crippen molar-refractivity contribution in [2.75, 3.05) is 24.6 Å². The largest absolute Gasteiger partial charge is 0.507 e. The number of hydrogen-bond donors (Lipinski definition) is 2. The molecule has 2 unspecified atom stereocenters. The smallest absolute Gasteiger partial charge is 0.294 e. The zero-order valence-corrected chi connectivity index (χ0v) is 23.8. The first kappa shape index (κ1) is 28.3. The molecule has 0 amide bonds. The number of anilines is 1. The van der Waals surface area contributed by atoms with E-state index in [0.717, 1.165) is 50.2 Å². The lowest BCUT2D eigenvalue weighted by atomic mass is 9.93. The summed E-state index contributed by atoms with van der Waals surface area (Å²) in [5.74, 6) is -1.31. The van der Waals surface area contributed by atoms with Crippen molar-refractivity contribution < 1.29 is 29.0 Å². The molecule has 2 heterocycles. The van der Waals surface area contributed by atoms with Gasteiger partial charge in [-0.1, -0.05) is 27.7 Å². The average molecular weight is 537 g/mol. The van der Waals surface area contributed by atoms with Crippen LogP contribution in [0.25, 0.3) is 11.0 Å². The Labute approximate surface area is 230 Å². The second kappa shape index (κ2) is 11.6. The van der Waals surface area contributed by atoms with Gasteiger partial charge in [-0.25, -0.2) is 0 Å². The Morgan fingerprint density at radius 2 is 1.62 bits per heavy atom. The fraction of sp³-hybridized carbons (Fsp3) is 0.484. The number of hydrogen-bond acceptors (Lipinski definition) is 8. The molecule has 0 saturated carbocycles. The highest BCUT2D eigenvalue weighted by Gasteiger charge is 2.37. The topological polar surface area (TPSA) is 103 Å². The molecule has 8 heteroatoms. The van der Waals surface area contributed by atoms with Crippen LogP contribution in [-0.2, 0) is 9.53 Å². The molecule has 0 bridgehead atoms. The molecule has 2 aliphatic rings. The number of furan rings is 1. The molecule has 1 aromatic heterocycles. The number of phenolic OH excluding ortho intramolecular Hbond substituents is 1. The standard InChI is InChI=1S/C31H40N2O6/c1-7-11-32(18(5)9-3)20-13-23(34)27-22(17-38-25(27)15-20)30(36)29-28-24(35)14-21(16-26(28)39-31(29)37)33(12-8-2)19(6)10-4/h13-16,18-19,35,37H,7-12,17H2,1-6H3. The molecule has 2 aromatic rings. The van der Waals surface area contributed by atoms with E-state index >= 15 is 0 Å². The number of nitrogens with zero attached hydrogens (tertiary/aromatic N) is 2. The van der Waals surface area contributed by atoms with Crippen molar-refractivity contribution in [3.8, 4) is 11.7 Å². The fourth-order valence-electron chi connectivity index (χ4n) is 5.39. The van der Waals surface area contributed by atoms with Crippen molar-refractivity contribution in [2.24, 2.45) is 0 Å². The van der Waals surface area contributed by atoms with Gasteiger partial charge in [0.1, 0.15) is 29.3 Å². The number of rotatable bonds is 12. The van der Waals surface area contributed by atoms with Gasteiger partial charge in [0.2, 0.25) is 5.78 Å². The van der Waals surface area contributed by atoms with Gasteiger partial charge in [0, 0.05) is 60.8 Å². The molecule has 0 saturated heterocycles. The van der Waals surface area contributed by atoms with Crippen LogP contribution >= 0.6 is 0 Å². The Morgan fingerprint density at radius 3 is 2.26 bits per heavy atom. The lowest BCUT2D eigenvalue weighted by molar-refractivity contribution is -0.111. The Morgan fingerprint density at radius 1 is 0.974 bits per heavy atom. The van der Waals surface area contributed by atoms with Gasteiger partial charge in [0.05, 0.1) is 16.5 Å². The second-order valence-electron chi connectivity index (χ2n) is 10.4. The SMILES string of the molecule is CCCN(C1=CC(=O)C2=C(C(=O)c3c(O)oc4cc(N(CCC)C(C)CC)cc(O)c34)COC2=C1)C(C)CC. The molecule has 1 aliphatic heterocycles. The number of carbonyl (C=O) groups is 2. The van der Waals surface area contributed by atoms with Crippen molar-refractivity contribution >= 4 is 28.2 Å². The summed E-state index contributed by atoms with van der Waals surface area (Å²) in [7, 11) is 0. The van der Waals surface area contributed by atoms with E-state index < -0.39 is 11.7 Å². The van der Waals surface area contributed by atoms with Gasteiger partial charge in [-0.3, -0.25) is 9.59 Å². The number of allylic oxidation sites excluding steroid dienone is 3. The molecule has 1 aromatic carbocycles. The van der Waals surface area contributed by atoms with E-state index in [-0.39, 0.29) is 57.9 Å². The third-order valence-corrected chi connectivity index (χ3v) is 7.80. The molecule has 210 valence electrons. The van der Waals surface area contributed by atoms with Gasteiger partial charge in [0.15, 0.2) is 5.78 Å². The van der Waals surface area contributed by atoms with E-state index in [9.17, 15) is 19.8 Å². The van der Waals surface area contributed by atoms with Crippen molar-refractivity contribution in [1.29, 1.82) is 0 Å². The lowest BCUT2D eigenvalue weighted by Crippen LogP contribution is -2.33. The highest BCUT2D eigenvalue weighted by molar-refractivity contribution is 6.24. The third-order valence-electron chi connectivity index (χ3n) is 7.80. The van der Waals surface area contributed by atoms with E-state index in [1.165, 1.54) is 0 Å². The van der Waals surface area contributed by atoms with E-state index in [4.69, 9.17) is 9.15 Å². The molecule has 0 radical (unpaired) electrons. The Kier molecular flexibility index (Phi) is 8.42. The van der Waals surface area contributed by atoms with Crippen molar-refractivity contribution in [3.63, 3.8) is 0 Å². The van der Waals surface area contributed by atoms with Crippen LogP contribution in [0.3, 0.4) is 0 Å². The first-order valence-corrected chi connectivity index (χ1v) is 14.1. The number of Topliss-reactive ketones (excluding diaryl/α,β-unsaturated/α-hetero) is 1. The normalized spacial score (nSPS) is 16.5. The molecule has 8 nitrogen and oxygen atoms in total. The van der Waals surface area contributed by atoms with Gasteiger partial charge < -0.3 is 29.2 Å². The molecular formula is C31H40N2O6. The molecule has 1 aliphatic carbocycles. The number of fused-ring (bicyclic) bond motifs is 2. The maximum atomic E-state index is 13.8. The highest BCUT2D eigenvalue weighted by atomic mass is 16.5. The fourth-order valence-corrected chi connectivity index (χ4v) is 5.39. The number of phenols is 1. The first-order chi connectivity index (χ1) is 18.7. The van der Waals surface area contributed by atoms with Gasteiger partial charge >= 0.3 is 0 Å². The van der Waals surface area contributed by atoms with E-state index in [2.05, 4.69) is 51.3 Å². The maximum Gasteiger partial charge on any atom is 0.294 e. The summed E-state index contributed by atoms with van der Waals surface area (Å²) in [5.41, 5.74) is 1.89. The Hall–Kier alpha value is -3.68. The molecule has 4 rings (SSSR count). The van der Waals surface area contributed by atoms with Crippen LogP contribution in [0.4, 0.5) is 5.69 Å². The monoisotopic (exact) mass is 536 g/mol. The van der Waals surface area contributed by atoms with Gasteiger partial charge in [0.25, 0.3) is 5.95 Å². The van der Waals surface area contributed by atoms with Crippen molar-refractivity contribution in [2.45, 2.75) is 79.3 Å². The van der Waals surface area contributed by atoms with Crippen LogP contribution in [0.5, 0.6) is 11.7 Å².